The Balaban J connectivity index is 1.82. The molecule has 0 unspecified atom stereocenters. The van der Waals surface area contributed by atoms with Crippen molar-refractivity contribution in [2.45, 2.75) is 13.0 Å². The molecule has 5 nitrogen and oxygen atoms in total. The highest BCUT2D eigenvalue weighted by Crippen LogP contribution is 2.07. The molecule has 0 aliphatic rings. The van der Waals surface area contributed by atoms with Crippen LogP contribution in [-0.4, -0.2) is 40.6 Å². The van der Waals surface area contributed by atoms with E-state index in [0.717, 1.165) is 11.3 Å². The molecule has 0 spiro atoms. The Morgan fingerprint density at radius 2 is 1.95 bits per heavy atom. The maximum atomic E-state index is 12.0. The van der Waals surface area contributed by atoms with Gasteiger partial charge in [-0.3, -0.25) is 14.7 Å². The van der Waals surface area contributed by atoms with Gasteiger partial charge in [0, 0.05) is 44.1 Å². The first kappa shape index (κ1) is 16.1. The quantitative estimate of drug-likeness (QED) is 0.781. The molecular formula is C17H21N3O2. The number of rotatable bonds is 8. The molecule has 1 aromatic carbocycles. The number of benzene rings is 1. The van der Waals surface area contributed by atoms with Gasteiger partial charge in [0.05, 0.1) is 6.61 Å². The minimum atomic E-state index is -0.0275. The number of anilines is 1. The van der Waals surface area contributed by atoms with E-state index in [2.05, 4.69) is 10.3 Å². The number of nitrogens with zero attached hydrogens (tertiary/aromatic N) is 2. The molecule has 1 heterocycles. The average molecular weight is 299 g/mol. The third-order valence-corrected chi connectivity index (χ3v) is 3.26. The van der Waals surface area contributed by atoms with Crippen molar-refractivity contribution in [1.82, 2.24) is 9.88 Å². The fourth-order valence-corrected chi connectivity index (χ4v) is 2.17. The fourth-order valence-electron chi connectivity index (χ4n) is 2.17. The van der Waals surface area contributed by atoms with Crippen LogP contribution in [0.25, 0.3) is 0 Å². The molecule has 116 valence electrons. The van der Waals surface area contributed by atoms with Gasteiger partial charge in [-0.15, -0.1) is 0 Å². The van der Waals surface area contributed by atoms with Crippen LogP contribution < -0.4 is 5.32 Å². The molecule has 0 aliphatic carbocycles. The van der Waals surface area contributed by atoms with Crippen LogP contribution >= 0.6 is 0 Å². The minimum Gasteiger partial charge on any atom is -0.395 e. The van der Waals surface area contributed by atoms with Crippen molar-refractivity contribution in [2.75, 3.05) is 25.0 Å². The molecule has 0 aliphatic heterocycles. The van der Waals surface area contributed by atoms with Crippen LogP contribution in [0.2, 0.25) is 0 Å². The lowest BCUT2D eigenvalue weighted by Crippen LogP contribution is -2.30. The van der Waals surface area contributed by atoms with Crippen molar-refractivity contribution < 1.29 is 9.90 Å². The highest BCUT2D eigenvalue weighted by molar-refractivity contribution is 5.90. The van der Waals surface area contributed by atoms with E-state index in [9.17, 15) is 4.79 Å². The van der Waals surface area contributed by atoms with Crippen molar-refractivity contribution >= 4 is 11.6 Å². The van der Waals surface area contributed by atoms with Gasteiger partial charge in [-0.25, -0.2) is 0 Å². The van der Waals surface area contributed by atoms with Crippen LogP contribution in [0.5, 0.6) is 0 Å². The van der Waals surface area contributed by atoms with Crippen molar-refractivity contribution in [1.29, 1.82) is 0 Å². The zero-order valence-corrected chi connectivity index (χ0v) is 12.5. The Hall–Kier alpha value is -2.24. The zero-order chi connectivity index (χ0) is 15.6. The molecule has 2 N–H and O–H groups in total. The topological polar surface area (TPSA) is 65.5 Å². The number of aromatic nitrogens is 1. The SMILES string of the molecule is O=C(CCN(CCO)Cc1cccnc1)Nc1ccccc1. The summed E-state index contributed by atoms with van der Waals surface area (Å²) < 4.78 is 0. The summed E-state index contributed by atoms with van der Waals surface area (Å²) in [6, 6.07) is 13.3. The molecule has 5 heteroatoms. The Labute approximate surface area is 130 Å². The molecule has 1 aromatic heterocycles. The van der Waals surface area contributed by atoms with Gasteiger partial charge in [-0.05, 0) is 23.8 Å². The minimum absolute atomic E-state index is 0.0275. The van der Waals surface area contributed by atoms with Gasteiger partial charge < -0.3 is 10.4 Å². The fraction of sp³-hybridized carbons (Fsp3) is 0.294. The molecule has 2 aromatic rings. The first-order chi connectivity index (χ1) is 10.8. The summed E-state index contributed by atoms with van der Waals surface area (Å²) >= 11 is 0. The van der Waals surface area contributed by atoms with E-state index in [-0.39, 0.29) is 12.5 Å². The third-order valence-electron chi connectivity index (χ3n) is 3.26. The average Bonchev–Trinajstić information content (AvgIpc) is 2.55. The lowest BCUT2D eigenvalue weighted by molar-refractivity contribution is -0.116. The summed E-state index contributed by atoms with van der Waals surface area (Å²) in [5.74, 6) is -0.0275. The van der Waals surface area contributed by atoms with Gasteiger partial charge >= 0.3 is 0 Å². The number of pyridine rings is 1. The molecule has 0 atom stereocenters. The monoisotopic (exact) mass is 299 g/mol. The smallest absolute Gasteiger partial charge is 0.225 e. The second-order valence-corrected chi connectivity index (χ2v) is 5.03. The molecule has 0 radical (unpaired) electrons. The number of para-hydroxylation sites is 1. The van der Waals surface area contributed by atoms with E-state index in [0.29, 0.717) is 26.1 Å². The molecule has 22 heavy (non-hydrogen) atoms. The Morgan fingerprint density at radius 3 is 2.64 bits per heavy atom. The van der Waals surface area contributed by atoms with Gasteiger partial charge in [0.15, 0.2) is 0 Å². The Kier molecular flexibility index (Phi) is 6.54. The van der Waals surface area contributed by atoms with Crippen molar-refractivity contribution in [3.63, 3.8) is 0 Å². The van der Waals surface area contributed by atoms with E-state index in [1.807, 2.05) is 47.4 Å². The number of hydrogen-bond acceptors (Lipinski definition) is 4. The second kappa shape index (κ2) is 8.92. The van der Waals surface area contributed by atoms with Gasteiger partial charge in [0.2, 0.25) is 5.91 Å². The summed E-state index contributed by atoms with van der Waals surface area (Å²) in [5, 5.41) is 12.0. The number of hydrogen-bond donors (Lipinski definition) is 2. The normalized spacial score (nSPS) is 10.6. The Morgan fingerprint density at radius 1 is 1.14 bits per heavy atom. The van der Waals surface area contributed by atoms with E-state index in [1.165, 1.54) is 0 Å². The lowest BCUT2D eigenvalue weighted by atomic mass is 10.2. The van der Waals surface area contributed by atoms with E-state index >= 15 is 0 Å². The van der Waals surface area contributed by atoms with Crippen LogP contribution in [0.4, 0.5) is 5.69 Å². The van der Waals surface area contributed by atoms with Crippen LogP contribution in [0.3, 0.4) is 0 Å². The van der Waals surface area contributed by atoms with Gasteiger partial charge in [0.25, 0.3) is 0 Å². The number of amides is 1. The number of nitrogens with one attached hydrogen (secondary N) is 1. The third kappa shape index (κ3) is 5.63. The number of aliphatic hydroxyl groups excluding tert-OH is 1. The molecule has 0 bridgehead atoms. The van der Waals surface area contributed by atoms with Gasteiger partial charge in [0.1, 0.15) is 0 Å². The van der Waals surface area contributed by atoms with Crippen molar-refractivity contribution in [3.05, 3.63) is 60.4 Å². The summed E-state index contributed by atoms with van der Waals surface area (Å²) in [6.45, 7) is 1.87. The van der Waals surface area contributed by atoms with Gasteiger partial charge in [-0.1, -0.05) is 24.3 Å². The molecule has 1 amide bonds. The molecule has 0 fully saturated rings. The lowest BCUT2D eigenvalue weighted by Gasteiger charge is -2.20. The summed E-state index contributed by atoms with van der Waals surface area (Å²) in [4.78, 5) is 18.1. The van der Waals surface area contributed by atoms with Crippen LogP contribution in [0, 0.1) is 0 Å². The van der Waals surface area contributed by atoms with Crippen molar-refractivity contribution in [3.8, 4) is 0 Å². The molecule has 0 saturated heterocycles. The highest BCUT2D eigenvalue weighted by Gasteiger charge is 2.09. The standard InChI is InChI=1S/C17H21N3O2/c21-12-11-20(14-15-5-4-9-18-13-15)10-8-17(22)19-16-6-2-1-3-7-16/h1-7,9,13,21H,8,10-12,14H2,(H,19,22). The number of aliphatic hydroxyl groups is 1. The molecule has 0 saturated carbocycles. The summed E-state index contributed by atoms with van der Waals surface area (Å²) in [7, 11) is 0. The summed E-state index contributed by atoms with van der Waals surface area (Å²) in [5.41, 5.74) is 1.87. The Bertz CT molecular complexity index is 561. The zero-order valence-electron chi connectivity index (χ0n) is 12.5. The van der Waals surface area contributed by atoms with Crippen molar-refractivity contribution in [2.24, 2.45) is 0 Å². The number of carbonyl (C=O) groups is 1. The van der Waals surface area contributed by atoms with E-state index < -0.39 is 0 Å². The largest absolute Gasteiger partial charge is 0.395 e. The van der Waals surface area contributed by atoms with Crippen LogP contribution in [0.1, 0.15) is 12.0 Å². The van der Waals surface area contributed by atoms with E-state index in [1.54, 1.807) is 12.4 Å². The maximum Gasteiger partial charge on any atom is 0.225 e. The molecular weight excluding hydrogens is 278 g/mol. The van der Waals surface area contributed by atoms with Crippen LogP contribution in [-0.2, 0) is 11.3 Å². The highest BCUT2D eigenvalue weighted by atomic mass is 16.3. The predicted molar refractivity (Wildman–Crippen MR) is 86.3 cm³/mol. The van der Waals surface area contributed by atoms with Gasteiger partial charge in [-0.2, -0.15) is 0 Å². The predicted octanol–water partition coefficient (Wildman–Crippen LogP) is 1.90. The first-order valence-electron chi connectivity index (χ1n) is 7.35. The second-order valence-electron chi connectivity index (χ2n) is 5.03. The summed E-state index contributed by atoms with van der Waals surface area (Å²) in [6.07, 6.45) is 3.91. The number of carbonyl (C=O) groups excluding carboxylic acids is 1. The first-order valence-corrected chi connectivity index (χ1v) is 7.35. The van der Waals surface area contributed by atoms with E-state index in [4.69, 9.17) is 5.11 Å². The maximum absolute atomic E-state index is 12.0. The molecule has 2 rings (SSSR count). The van der Waals surface area contributed by atoms with Crippen LogP contribution in [0.15, 0.2) is 54.9 Å².